The molecule has 1 aliphatic rings. The van der Waals surface area contributed by atoms with Crippen LogP contribution in [0.15, 0.2) is 12.7 Å². The van der Waals surface area contributed by atoms with E-state index >= 15 is 0 Å². The number of phosphoric acid groups is 2. The van der Waals surface area contributed by atoms with Crippen LogP contribution in [0.25, 0.3) is 11.2 Å². The topological polar surface area (TPSA) is 262 Å². The molecule has 0 spiro atoms. The Bertz CT molecular complexity index is 1100. The molecule has 21 heteroatoms. The molecule has 0 aromatic carbocycles. The number of aromatic nitrogens is 4. The van der Waals surface area contributed by atoms with Gasteiger partial charge in [-0.15, -0.1) is 0 Å². The van der Waals surface area contributed by atoms with E-state index in [9.17, 15) is 19.1 Å². The molecule has 1 aliphatic heterocycles. The Balaban J connectivity index is 1.92. The number of nitrogens with two attached hydrogens (primary N) is 1. The van der Waals surface area contributed by atoms with Crippen molar-refractivity contribution in [3.05, 3.63) is 12.7 Å². The van der Waals surface area contributed by atoms with Gasteiger partial charge in [0.25, 0.3) is 0 Å². The Morgan fingerprint density at radius 3 is 2.45 bits per heavy atom. The third kappa shape index (κ3) is 6.10. The number of nitrogens with zero attached hydrogens (tertiary/aromatic N) is 4. The first-order valence-electron chi connectivity index (χ1n) is 7.91. The Kier molecular flexibility index (Phi) is 6.99. The Morgan fingerprint density at radius 1 is 1.16 bits per heavy atom. The van der Waals surface area contributed by atoms with E-state index in [4.69, 9.17) is 34.6 Å². The van der Waals surface area contributed by atoms with E-state index in [0.29, 0.717) is 0 Å². The van der Waals surface area contributed by atoms with Crippen molar-refractivity contribution < 1.29 is 56.8 Å². The number of anilines is 1. The molecule has 1 fully saturated rings. The van der Waals surface area contributed by atoms with E-state index in [0.717, 1.165) is 6.33 Å². The van der Waals surface area contributed by atoms with E-state index in [1.54, 1.807) is 0 Å². The van der Waals surface area contributed by atoms with Gasteiger partial charge in [0.05, 0.1) is 12.9 Å². The van der Waals surface area contributed by atoms with Crippen molar-refractivity contribution in [3.63, 3.8) is 0 Å². The number of nitrogen functional groups attached to an aromatic ring is 1. The molecule has 174 valence electrons. The first kappa shape index (κ1) is 24.7. The second kappa shape index (κ2) is 8.78. The number of aliphatic hydroxyl groups excluding tert-OH is 1. The lowest BCUT2D eigenvalue weighted by Gasteiger charge is -2.25. The van der Waals surface area contributed by atoms with Crippen LogP contribution in [0, 0.1) is 0 Å². The van der Waals surface area contributed by atoms with Gasteiger partial charge in [-0.2, -0.15) is 0 Å². The van der Waals surface area contributed by atoms with Crippen molar-refractivity contribution in [2.45, 2.75) is 24.5 Å². The lowest BCUT2D eigenvalue weighted by Crippen LogP contribution is -2.36. The van der Waals surface area contributed by atoms with Gasteiger partial charge in [0, 0.05) is 0 Å². The molecule has 5 atom stereocenters. The zero-order chi connectivity index (χ0) is 23.2. The number of imidazole rings is 1. The molecule has 0 amide bonds. The van der Waals surface area contributed by atoms with Gasteiger partial charge >= 0.3 is 22.4 Å². The molecule has 2 aromatic heterocycles. The van der Waals surface area contributed by atoms with Crippen molar-refractivity contribution in [3.8, 4) is 0 Å². The minimum Gasteiger partial charge on any atom is -0.386 e. The predicted octanol–water partition coefficient (Wildman–Crippen LogP) is -1.51. The van der Waals surface area contributed by atoms with Crippen LogP contribution in [0.2, 0.25) is 0 Å². The monoisotopic (exact) mass is 523 g/mol. The molecule has 1 unspecified atom stereocenters. The molecule has 3 rings (SSSR count). The number of fused-ring (bicyclic) bond motifs is 1. The normalized spacial score (nSPS) is 26.9. The summed E-state index contributed by atoms with van der Waals surface area (Å²) in [6.45, 7) is -5.52. The molecule has 0 radical (unpaired) electrons. The summed E-state index contributed by atoms with van der Waals surface area (Å²) in [5, 5.41) is 10.7. The van der Waals surface area contributed by atoms with E-state index in [2.05, 4.69) is 35.6 Å². The molecule has 1 saturated heterocycles. The summed E-state index contributed by atoms with van der Waals surface area (Å²) in [5.74, 6) is 0.0197. The molecule has 17 nitrogen and oxygen atoms in total. The maximum absolute atomic E-state index is 11.0. The van der Waals surface area contributed by atoms with Crippen LogP contribution in [0.3, 0.4) is 0 Å². The Morgan fingerprint density at radius 2 is 1.84 bits per heavy atom. The molecule has 31 heavy (non-hydrogen) atoms. The van der Waals surface area contributed by atoms with Crippen molar-refractivity contribution >= 4 is 51.2 Å². The summed E-state index contributed by atoms with van der Waals surface area (Å²) in [5.41, 5.74) is 5.97. The van der Waals surface area contributed by atoms with Gasteiger partial charge in [0.1, 0.15) is 30.2 Å². The maximum atomic E-state index is 11.0. The second-order valence-corrected chi connectivity index (χ2v) is 11.4. The van der Waals surface area contributed by atoms with Gasteiger partial charge in [-0.1, -0.05) is 0 Å². The number of rotatable bonds is 8. The van der Waals surface area contributed by atoms with Gasteiger partial charge < -0.3 is 40.0 Å². The summed E-state index contributed by atoms with van der Waals surface area (Å²) in [6, 6.07) is 0. The van der Waals surface area contributed by atoms with Crippen molar-refractivity contribution in [1.82, 2.24) is 19.5 Å². The number of ether oxygens (including phenoxy) is 1. The highest BCUT2D eigenvalue weighted by atomic mass is 32.5. The molecule has 2 aromatic rings. The zero-order valence-electron chi connectivity index (χ0n) is 14.9. The second-order valence-electron chi connectivity index (χ2n) is 6.04. The van der Waals surface area contributed by atoms with Gasteiger partial charge in [0.15, 0.2) is 17.7 Å². The van der Waals surface area contributed by atoms with E-state index < -0.39 is 53.5 Å². The molecule has 3 heterocycles. The molecule has 8 N–H and O–H groups in total. The van der Waals surface area contributed by atoms with E-state index in [-0.39, 0.29) is 17.0 Å². The number of hydrogen-bond acceptors (Lipinski definition) is 12. The minimum atomic E-state index is -5.28. The summed E-state index contributed by atoms with van der Waals surface area (Å²) in [6.07, 6.45) is -4.00. The van der Waals surface area contributed by atoms with E-state index in [1.165, 1.54) is 10.9 Å². The highest BCUT2D eigenvalue weighted by Gasteiger charge is 2.49. The van der Waals surface area contributed by atoms with Crippen molar-refractivity contribution in [1.29, 1.82) is 0 Å². The zero-order valence-corrected chi connectivity index (χ0v) is 18.4. The van der Waals surface area contributed by atoms with Gasteiger partial charge in [-0.25, -0.2) is 28.4 Å². The number of aliphatic hydroxyl groups is 1. The van der Waals surface area contributed by atoms with Crippen molar-refractivity contribution in [2.75, 3.05) is 12.3 Å². The molecule has 0 bridgehead atoms. The number of phosphoric ester groups is 1. The minimum absolute atomic E-state index is 0.0197. The average Bonchev–Trinajstić information content (AvgIpc) is 3.13. The maximum Gasteiger partial charge on any atom is 0.476 e. The van der Waals surface area contributed by atoms with Crippen LogP contribution in [0.5, 0.6) is 0 Å². The molecular weight excluding hydrogens is 507 g/mol. The van der Waals surface area contributed by atoms with Crippen LogP contribution in [-0.2, 0) is 39.0 Å². The first-order valence-corrected chi connectivity index (χ1v) is 13.6. The highest BCUT2D eigenvalue weighted by Crippen LogP contribution is 2.59. The molecule has 0 saturated carbocycles. The smallest absolute Gasteiger partial charge is 0.386 e. The van der Waals surface area contributed by atoms with Crippen LogP contribution in [0.4, 0.5) is 5.82 Å². The highest BCUT2D eigenvalue weighted by molar-refractivity contribution is 8.08. The third-order valence-corrected chi connectivity index (χ3v) is 7.37. The largest absolute Gasteiger partial charge is 0.476 e. The Hall–Kier alpha value is -0.940. The van der Waals surface area contributed by atoms with E-state index in [1.807, 2.05) is 0 Å². The van der Waals surface area contributed by atoms with Crippen LogP contribution < -0.4 is 5.73 Å². The summed E-state index contributed by atoms with van der Waals surface area (Å²) >= 11 is 4.54. The Labute approximate surface area is 177 Å². The lowest BCUT2D eigenvalue weighted by molar-refractivity contribution is -0.0499. The fourth-order valence-corrected chi connectivity index (χ4v) is 5.97. The average molecular weight is 523 g/mol. The van der Waals surface area contributed by atoms with Crippen LogP contribution in [-0.4, -0.2) is 74.0 Å². The van der Waals surface area contributed by atoms with Gasteiger partial charge in [0.2, 0.25) is 0 Å². The fourth-order valence-electron chi connectivity index (χ4n) is 2.75. The predicted molar refractivity (Wildman–Crippen MR) is 102 cm³/mol. The van der Waals surface area contributed by atoms with Crippen LogP contribution >= 0.6 is 22.4 Å². The van der Waals surface area contributed by atoms with Gasteiger partial charge in [-0.05, 0) is 11.8 Å². The van der Waals surface area contributed by atoms with Gasteiger partial charge in [-0.3, -0.25) is 13.6 Å². The SMILES string of the molecule is Nc1ncnc2c1ncn2[C@@H]1O[C@H](COP(=O)(O)O)[C@@H](OP(O)(=S)OP(=O)(O)O)[C@H]1O. The standard InChI is InChI=1S/C10H16N5O12P3S/c11-8-5-9(13-2-12-8)15(3-14-5)10-6(16)7(4(25-10)1-24-28(17,18)19)26-30(23,31)27-29(20,21)22/h2-4,6-7,10,16H,1H2,(H,23,31)(H2,11,12,13)(H2,17,18,19)(H2,20,21,22)/t4-,6-,7-,10-,30?/m1/s1. The molecular formula is C10H16N5O12P3S. The van der Waals surface area contributed by atoms with Crippen LogP contribution in [0.1, 0.15) is 6.23 Å². The first-order chi connectivity index (χ1) is 14.2. The quantitative estimate of drug-likeness (QED) is 0.194. The fraction of sp³-hybridized carbons (Fsp3) is 0.500. The lowest BCUT2D eigenvalue weighted by atomic mass is 10.1. The molecule has 0 aliphatic carbocycles. The summed E-state index contributed by atoms with van der Waals surface area (Å²) in [4.78, 5) is 57.3. The third-order valence-electron chi connectivity index (χ3n) is 3.84. The number of hydrogen-bond donors (Lipinski definition) is 7. The summed E-state index contributed by atoms with van der Waals surface area (Å²) in [7, 11) is -10.3. The summed E-state index contributed by atoms with van der Waals surface area (Å²) < 4.78 is 42.2. The van der Waals surface area contributed by atoms with Crippen molar-refractivity contribution in [2.24, 2.45) is 0 Å².